The molecule has 0 saturated carbocycles. The number of esters is 8. The summed E-state index contributed by atoms with van der Waals surface area (Å²) < 4.78 is 46.1. The second-order valence-electron chi connectivity index (χ2n) is 34.5. The molecule has 0 fully saturated rings. The van der Waals surface area contributed by atoms with Gasteiger partial charge in [-0.25, -0.2) is 0 Å². The normalized spacial score (nSPS) is 12.6. The van der Waals surface area contributed by atoms with Crippen LogP contribution in [0.15, 0.2) is 0 Å². The first-order valence-corrected chi connectivity index (χ1v) is 50.0. The molecule has 0 spiro atoms. The molecular weight excluding hydrogens is 1490 g/mol. The topological polar surface area (TPSA) is 220 Å². The first-order chi connectivity index (χ1) is 57.6. The van der Waals surface area contributed by atoms with Crippen LogP contribution in [0.3, 0.4) is 0 Å². The lowest BCUT2D eigenvalue weighted by Gasteiger charge is -2.25. The lowest BCUT2D eigenvalue weighted by atomic mass is 9.94. The van der Waals surface area contributed by atoms with Crippen LogP contribution in [0.5, 0.6) is 0 Å². The van der Waals surface area contributed by atoms with E-state index in [0.29, 0.717) is 117 Å². The van der Waals surface area contributed by atoms with Crippen LogP contribution in [0, 0.1) is 23.7 Å². The highest BCUT2D eigenvalue weighted by Gasteiger charge is 2.25. The summed E-state index contributed by atoms with van der Waals surface area (Å²) >= 11 is 0. The van der Waals surface area contributed by atoms with Gasteiger partial charge in [0, 0.05) is 26.2 Å². The minimum Gasteiger partial charge on any atom is -0.466 e. The van der Waals surface area contributed by atoms with Gasteiger partial charge in [-0.2, -0.15) is 0 Å². The van der Waals surface area contributed by atoms with E-state index >= 15 is 0 Å². The van der Waals surface area contributed by atoms with E-state index in [0.717, 1.165) is 206 Å². The first kappa shape index (κ1) is 114. The second-order valence-corrected chi connectivity index (χ2v) is 34.5. The zero-order chi connectivity index (χ0) is 86.5. The third-order valence-electron chi connectivity index (χ3n) is 23.3. The fourth-order valence-electron chi connectivity index (χ4n) is 15.4. The molecule has 0 rings (SSSR count). The van der Waals surface area contributed by atoms with Gasteiger partial charge in [0.05, 0.1) is 102 Å². The Morgan fingerprint density at radius 3 is 0.534 bits per heavy atom. The molecule has 4 atom stereocenters. The van der Waals surface area contributed by atoms with Crippen molar-refractivity contribution in [3.63, 3.8) is 0 Å². The number of unbranched alkanes of at least 4 members (excludes halogenated alkanes) is 36. The zero-order valence-corrected chi connectivity index (χ0v) is 78.3. The molecule has 19 heteroatoms. The fourth-order valence-corrected chi connectivity index (χ4v) is 15.4. The minimum absolute atomic E-state index is 0.0614. The van der Waals surface area contributed by atoms with Gasteiger partial charge >= 0.3 is 47.8 Å². The highest BCUT2D eigenvalue weighted by molar-refractivity contribution is 5.74. The third kappa shape index (κ3) is 74.3. The number of carbonyl (C=O) groups is 8. The summed E-state index contributed by atoms with van der Waals surface area (Å²) in [6, 6.07) is 0. The van der Waals surface area contributed by atoms with E-state index in [1.807, 2.05) is 0 Å². The van der Waals surface area contributed by atoms with Crippen molar-refractivity contribution in [2.75, 3.05) is 112 Å². The molecule has 0 aromatic heterocycles. The molecule has 0 heterocycles. The summed E-state index contributed by atoms with van der Waals surface area (Å²) in [4.78, 5) is 113. The van der Waals surface area contributed by atoms with Crippen LogP contribution in [-0.4, -0.2) is 175 Å². The van der Waals surface area contributed by atoms with Crippen LogP contribution in [-0.2, 0) is 76.3 Å². The van der Waals surface area contributed by atoms with Crippen LogP contribution in [0.1, 0.15) is 453 Å². The van der Waals surface area contributed by atoms with Gasteiger partial charge in [-0.3, -0.25) is 38.4 Å². The van der Waals surface area contributed by atoms with Crippen molar-refractivity contribution in [3.8, 4) is 0 Å². The average Bonchev–Trinajstić information content (AvgIpc) is 0.959. The van der Waals surface area contributed by atoms with Crippen LogP contribution < -0.4 is 0 Å². The van der Waals surface area contributed by atoms with Crippen molar-refractivity contribution in [2.24, 2.45) is 23.7 Å². The summed E-state index contributed by atoms with van der Waals surface area (Å²) in [7, 11) is 2.07. The third-order valence-corrected chi connectivity index (χ3v) is 23.3. The summed E-state index contributed by atoms with van der Waals surface area (Å²) in [5.74, 6) is -1.91. The molecule has 0 aliphatic heterocycles. The largest absolute Gasteiger partial charge is 0.466 e. The van der Waals surface area contributed by atoms with Gasteiger partial charge in [0.15, 0.2) is 0 Å². The summed E-state index contributed by atoms with van der Waals surface area (Å²) in [6.07, 6.45) is 60.5. The molecule has 0 aromatic carbocycles. The number of ether oxygens (including phenoxy) is 8. The van der Waals surface area contributed by atoms with E-state index in [4.69, 9.17) is 37.9 Å². The van der Waals surface area contributed by atoms with E-state index < -0.39 is 0 Å². The molecule has 0 aliphatic rings. The molecule has 0 amide bonds. The molecule has 0 aliphatic carbocycles. The Kier molecular flexibility index (Phi) is 84.3. The van der Waals surface area contributed by atoms with Gasteiger partial charge in [0.2, 0.25) is 0 Å². The monoisotopic (exact) mass is 1670 g/mol. The Balaban J connectivity index is 5.98. The summed E-state index contributed by atoms with van der Waals surface area (Å²) in [6.45, 7) is 24.2. The number of hydrogen-bond acceptors (Lipinski definition) is 19. The summed E-state index contributed by atoms with van der Waals surface area (Å²) in [5.41, 5.74) is 0. The van der Waals surface area contributed by atoms with E-state index in [9.17, 15) is 38.4 Å². The van der Waals surface area contributed by atoms with E-state index in [2.05, 4.69) is 77.1 Å². The molecule has 0 saturated heterocycles. The summed E-state index contributed by atoms with van der Waals surface area (Å²) in [5, 5.41) is 0. The van der Waals surface area contributed by atoms with Gasteiger partial charge in [-0.15, -0.1) is 0 Å². The smallest absolute Gasteiger partial charge is 0.308 e. The van der Waals surface area contributed by atoms with Crippen LogP contribution >= 0.6 is 0 Å². The predicted octanol–water partition coefficient (Wildman–Crippen LogP) is 24.7. The zero-order valence-electron chi connectivity index (χ0n) is 78.3. The lowest BCUT2D eigenvalue weighted by molar-refractivity contribution is -0.150. The second kappa shape index (κ2) is 87.5. The van der Waals surface area contributed by atoms with Crippen molar-refractivity contribution < 1.29 is 76.3 Å². The Morgan fingerprint density at radius 2 is 0.347 bits per heavy atom. The van der Waals surface area contributed by atoms with Crippen molar-refractivity contribution >= 4 is 47.8 Å². The molecule has 0 N–H and O–H groups in total. The van der Waals surface area contributed by atoms with Gasteiger partial charge in [-0.1, -0.05) is 312 Å². The number of carbonyl (C=O) groups excluding carboxylic acids is 8. The minimum atomic E-state index is -0.320. The SMILES string of the molecule is CCCCCCCCC(CCCCCC)C(=O)OCCCCOC(=O)CCN(CCCN(C)CCCN(CCC(=O)OCCCCOC(=O)C(CCCCCC)CCCCCCCC)CCC(=O)OCCCCOC(=O)C(CCCCCC)CCCCCCCC)CCC(=O)OCCCCOC(=O)C(CCCCCC)CCCCCCCC. The Bertz CT molecular complexity index is 2010. The fraction of sp³-hybridized carbons (Fsp3) is 0.919. The maximum Gasteiger partial charge on any atom is 0.308 e. The van der Waals surface area contributed by atoms with Crippen molar-refractivity contribution in [1.29, 1.82) is 0 Å². The lowest BCUT2D eigenvalue weighted by Crippen LogP contribution is -2.34. The van der Waals surface area contributed by atoms with Crippen LogP contribution in [0.2, 0.25) is 0 Å². The number of nitrogens with zero attached hydrogens (tertiary/aromatic N) is 3. The Labute approximate surface area is 724 Å². The van der Waals surface area contributed by atoms with Gasteiger partial charge < -0.3 is 52.6 Å². The van der Waals surface area contributed by atoms with E-state index in [1.165, 1.54) is 128 Å². The van der Waals surface area contributed by atoms with Crippen LogP contribution in [0.4, 0.5) is 0 Å². The van der Waals surface area contributed by atoms with Crippen molar-refractivity contribution in [3.05, 3.63) is 0 Å². The first-order valence-electron chi connectivity index (χ1n) is 50.0. The Morgan fingerprint density at radius 1 is 0.186 bits per heavy atom. The molecule has 0 aromatic rings. The molecule has 19 nitrogen and oxygen atoms in total. The molecule has 118 heavy (non-hydrogen) atoms. The van der Waals surface area contributed by atoms with Gasteiger partial charge in [0.1, 0.15) is 0 Å². The Hall–Kier alpha value is -4.36. The van der Waals surface area contributed by atoms with Crippen LogP contribution in [0.25, 0.3) is 0 Å². The van der Waals surface area contributed by atoms with E-state index in [1.54, 1.807) is 0 Å². The molecule has 4 unspecified atom stereocenters. The molecule has 0 bridgehead atoms. The number of rotatable bonds is 92. The van der Waals surface area contributed by atoms with Gasteiger partial charge in [-0.05, 0) is 149 Å². The molecular formula is C99H187N3O16. The standard InChI is InChI=1S/C99H187N3O16/c1-10-18-26-34-38-46-64-88(60-42-30-22-14-5)96(107)115-84-54-50-80-111-92(103)68-76-101(77-69-93(104)112-81-51-55-85-116-97(108)89(61-43-31-23-15-6)65-47-39-35-27-19-11-2)74-58-72-100(9)73-59-75-102(78-70-94(105)113-82-52-56-86-117-98(109)90(62-44-32-24-16-7)66-48-40-36-28-20-12-3)79-71-95(106)114-83-53-57-87-118-99(110)91(63-45-33-25-17-8)67-49-41-37-29-21-13-4/h88-91H,10-87H2,1-9H3. The maximum atomic E-state index is 13.3. The molecule has 0 radical (unpaired) electrons. The van der Waals surface area contributed by atoms with Crippen molar-refractivity contribution in [2.45, 2.75) is 453 Å². The quantitative estimate of drug-likeness (QED) is 0.0314. The average molecular weight is 1680 g/mol. The van der Waals surface area contributed by atoms with Crippen molar-refractivity contribution in [1.82, 2.24) is 14.7 Å². The van der Waals surface area contributed by atoms with Gasteiger partial charge in [0.25, 0.3) is 0 Å². The maximum absolute atomic E-state index is 13.3. The number of hydrogen-bond donors (Lipinski definition) is 0. The van der Waals surface area contributed by atoms with E-state index in [-0.39, 0.29) is 124 Å². The molecule has 694 valence electrons. The highest BCUT2D eigenvalue weighted by atomic mass is 16.6. The predicted molar refractivity (Wildman–Crippen MR) is 484 cm³/mol. The highest BCUT2D eigenvalue weighted by Crippen LogP contribution is 2.26.